The van der Waals surface area contributed by atoms with Gasteiger partial charge < -0.3 is 11.1 Å². The maximum atomic E-state index is 10.5. The highest BCUT2D eigenvalue weighted by molar-refractivity contribution is 5.70. The Hall–Kier alpha value is -0.810. The summed E-state index contributed by atoms with van der Waals surface area (Å²) >= 11 is 0. The van der Waals surface area contributed by atoms with E-state index in [2.05, 4.69) is 12.2 Å². The number of hydrogen-bond acceptors (Lipinski definition) is 3. The lowest BCUT2D eigenvalue weighted by Gasteiger charge is -2.29. The van der Waals surface area contributed by atoms with E-state index in [9.17, 15) is 4.79 Å². The van der Waals surface area contributed by atoms with Crippen molar-refractivity contribution in [3.8, 4) is 0 Å². The highest BCUT2D eigenvalue weighted by Crippen LogP contribution is 2.15. The highest BCUT2D eigenvalue weighted by Gasteiger charge is 2.21. The molecule has 1 saturated heterocycles. The zero-order valence-electron chi connectivity index (χ0n) is 7.86. The quantitative estimate of drug-likeness (QED) is 0.425. The Balaban J connectivity index is 2.31. The average molecular weight is 187 g/mol. The fourth-order valence-electron chi connectivity index (χ4n) is 1.66. The van der Waals surface area contributed by atoms with E-state index in [0.717, 1.165) is 19.4 Å². The molecule has 0 aromatic heterocycles. The topological polar surface area (TPSA) is 78.6 Å². The molecule has 1 aliphatic heterocycles. The van der Waals surface area contributed by atoms with E-state index in [1.807, 2.05) is 0 Å². The first-order chi connectivity index (χ1) is 6.09. The number of amides is 2. The van der Waals surface area contributed by atoms with E-state index in [1.165, 1.54) is 0 Å². The molecule has 13 heavy (non-hydrogen) atoms. The van der Waals surface area contributed by atoms with Gasteiger partial charge in [0.2, 0.25) is 0 Å². The molecule has 0 aromatic rings. The van der Waals surface area contributed by atoms with Crippen LogP contribution in [0.3, 0.4) is 0 Å². The monoisotopic (exact) mass is 187 g/mol. The van der Waals surface area contributed by atoms with Crippen LogP contribution in [0.1, 0.15) is 19.8 Å². The Morgan fingerprint density at radius 1 is 1.77 bits per heavy atom. The van der Waals surface area contributed by atoms with Gasteiger partial charge in [-0.2, -0.15) is 0 Å². The molecule has 2 atom stereocenters. The summed E-state index contributed by atoms with van der Waals surface area (Å²) in [5, 5.41) is 12.9. The minimum absolute atomic E-state index is 0.168. The lowest BCUT2D eigenvalue weighted by molar-refractivity contribution is -0.0486. The van der Waals surface area contributed by atoms with Gasteiger partial charge in [0.15, 0.2) is 0 Å². The summed E-state index contributed by atoms with van der Waals surface area (Å²) in [7, 11) is 0. The number of nitrogens with two attached hydrogens (primary N) is 1. The number of hydrogen-bond donors (Lipinski definition) is 3. The minimum Gasteiger partial charge on any atom is -0.350 e. The van der Waals surface area contributed by atoms with Gasteiger partial charge in [0.05, 0.1) is 6.54 Å². The van der Waals surface area contributed by atoms with Crippen molar-refractivity contribution in [2.24, 2.45) is 11.7 Å². The summed E-state index contributed by atoms with van der Waals surface area (Å²) in [4.78, 5) is 10.5. The van der Waals surface area contributed by atoms with Gasteiger partial charge in [0.1, 0.15) is 0 Å². The van der Waals surface area contributed by atoms with Gasteiger partial charge in [-0.15, -0.1) is 0 Å². The summed E-state index contributed by atoms with van der Waals surface area (Å²) in [5.74, 6) is 0.646. The second-order valence-corrected chi connectivity index (χ2v) is 3.70. The van der Waals surface area contributed by atoms with Crippen molar-refractivity contribution in [2.45, 2.75) is 25.8 Å². The molecule has 0 radical (unpaired) electrons. The first-order valence-corrected chi connectivity index (χ1v) is 4.59. The third-order valence-electron chi connectivity index (χ3n) is 2.40. The zero-order valence-corrected chi connectivity index (χ0v) is 7.86. The second kappa shape index (κ2) is 4.43. The van der Waals surface area contributed by atoms with Crippen molar-refractivity contribution in [1.82, 2.24) is 10.4 Å². The van der Waals surface area contributed by atoms with Gasteiger partial charge in [-0.25, -0.2) is 9.86 Å². The third-order valence-corrected chi connectivity index (χ3v) is 2.40. The van der Waals surface area contributed by atoms with Crippen LogP contribution in [-0.2, 0) is 0 Å². The summed E-state index contributed by atoms with van der Waals surface area (Å²) in [6.07, 6.45) is 2.13. The van der Waals surface area contributed by atoms with Crippen molar-refractivity contribution in [3.05, 3.63) is 0 Å². The molecule has 2 amide bonds. The maximum Gasteiger partial charge on any atom is 0.338 e. The summed E-state index contributed by atoms with van der Waals surface area (Å²) in [6.45, 7) is 3.39. The SMILES string of the molecule is C[C@@H]1CCN[C@@H](CN(O)C(N)=O)C1. The fourth-order valence-corrected chi connectivity index (χ4v) is 1.66. The van der Waals surface area contributed by atoms with E-state index < -0.39 is 6.03 Å². The summed E-state index contributed by atoms with van der Waals surface area (Å²) in [6, 6.07) is -0.624. The molecule has 1 rings (SSSR count). The van der Waals surface area contributed by atoms with Crippen LogP contribution in [0.5, 0.6) is 0 Å². The molecular weight excluding hydrogens is 170 g/mol. The average Bonchev–Trinajstić information content (AvgIpc) is 2.04. The molecule has 0 aromatic carbocycles. The molecule has 0 unspecified atom stereocenters. The van der Waals surface area contributed by atoms with E-state index >= 15 is 0 Å². The van der Waals surface area contributed by atoms with Gasteiger partial charge in [-0.1, -0.05) is 6.92 Å². The standard InChI is InChI=1S/C8H17N3O2/c1-6-2-3-10-7(4-6)5-11(13)8(9)12/h6-7,10,13H,2-5H2,1H3,(H2,9,12)/t6-,7-/m1/s1. The van der Waals surface area contributed by atoms with Crippen LogP contribution in [0.4, 0.5) is 4.79 Å². The van der Waals surface area contributed by atoms with Gasteiger partial charge in [-0.3, -0.25) is 5.21 Å². The Labute approximate surface area is 77.8 Å². The number of nitrogens with zero attached hydrogens (tertiary/aromatic N) is 1. The van der Waals surface area contributed by atoms with Crippen LogP contribution in [-0.4, -0.2) is 35.4 Å². The molecule has 0 bridgehead atoms. The minimum atomic E-state index is -0.792. The Bertz CT molecular complexity index is 186. The lowest BCUT2D eigenvalue weighted by atomic mass is 9.94. The normalized spacial score (nSPS) is 28.5. The number of rotatable bonds is 2. The van der Waals surface area contributed by atoms with E-state index in [0.29, 0.717) is 11.0 Å². The van der Waals surface area contributed by atoms with Gasteiger partial charge in [0.25, 0.3) is 0 Å². The molecule has 1 heterocycles. The Morgan fingerprint density at radius 3 is 3.00 bits per heavy atom. The van der Waals surface area contributed by atoms with E-state index in [1.54, 1.807) is 0 Å². The summed E-state index contributed by atoms with van der Waals surface area (Å²) < 4.78 is 0. The predicted octanol–water partition coefficient (Wildman–Crippen LogP) is 0.144. The second-order valence-electron chi connectivity index (χ2n) is 3.70. The van der Waals surface area contributed by atoms with Gasteiger partial charge >= 0.3 is 6.03 Å². The van der Waals surface area contributed by atoms with Crippen molar-refractivity contribution < 1.29 is 10.0 Å². The molecule has 0 aliphatic carbocycles. The molecule has 0 saturated carbocycles. The largest absolute Gasteiger partial charge is 0.350 e. The number of urea groups is 1. The van der Waals surface area contributed by atoms with Crippen molar-refractivity contribution >= 4 is 6.03 Å². The number of nitrogens with one attached hydrogen (secondary N) is 1. The van der Waals surface area contributed by atoms with Crippen LogP contribution < -0.4 is 11.1 Å². The summed E-state index contributed by atoms with van der Waals surface area (Å²) in [5.41, 5.74) is 4.90. The first kappa shape index (κ1) is 10.3. The van der Waals surface area contributed by atoms with E-state index in [4.69, 9.17) is 10.9 Å². The van der Waals surface area contributed by atoms with Gasteiger partial charge in [0, 0.05) is 6.04 Å². The number of carbonyl (C=O) groups excluding carboxylic acids is 1. The third kappa shape index (κ3) is 3.20. The molecule has 76 valence electrons. The van der Waals surface area contributed by atoms with Crippen molar-refractivity contribution in [1.29, 1.82) is 0 Å². The number of piperidine rings is 1. The molecule has 0 spiro atoms. The molecular formula is C8H17N3O2. The smallest absolute Gasteiger partial charge is 0.338 e. The van der Waals surface area contributed by atoms with Gasteiger partial charge in [-0.05, 0) is 25.3 Å². The Kier molecular flexibility index (Phi) is 3.50. The zero-order chi connectivity index (χ0) is 9.84. The molecule has 1 fully saturated rings. The van der Waals surface area contributed by atoms with E-state index in [-0.39, 0.29) is 12.6 Å². The highest BCUT2D eigenvalue weighted by atomic mass is 16.5. The van der Waals surface area contributed by atoms with Crippen LogP contribution in [0.15, 0.2) is 0 Å². The van der Waals surface area contributed by atoms with Crippen LogP contribution >= 0.6 is 0 Å². The first-order valence-electron chi connectivity index (χ1n) is 4.59. The van der Waals surface area contributed by atoms with Crippen LogP contribution in [0.25, 0.3) is 0 Å². The van der Waals surface area contributed by atoms with Crippen LogP contribution in [0.2, 0.25) is 0 Å². The molecule has 5 nitrogen and oxygen atoms in total. The van der Waals surface area contributed by atoms with Crippen molar-refractivity contribution in [2.75, 3.05) is 13.1 Å². The number of carbonyl (C=O) groups is 1. The molecule has 4 N–H and O–H groups in total. The predicted molar refractivity (Wildman–Crippen MR) is 48.3 cm³/mol. The lowest BCUT2D eigenvalue weighted by Crippen LogP contribution is -2.47. The Morgan fingerprint density at radius 2 is 2.46 bits per heavy atom. The van der Waals surface area contributed by atoms with Crippen LogP contribution in [0, 0.1) is 5.92 Å². The number of hydroxylamine groups is 2. The maximum absolute atomic E-state index is 10.5. The molecule has 1 aliphatic rings. The number of primary amides is 1. The van der Waals surface area contributed by atoms with Crippen molar-refractivity contribution in [3.63, 3.8) is 0 Å². The molecule has 5 heteroatoms. The fraction of sp³-hybridized carbons (Fsp3) is 0.875.